The molecule has 0 atom stereocenters. The zero-order chi connectivity index (χ0) is 7.68. The molecule has 0 radical (unpaired) electrons. The van der Waals surface area contributed by atoms with Gasteiger partial charge in [-0.2, -0.15) is 0 Å². The van der Waals surface area contributed by atoms with Gasteiger partial charge in [0.25, 0.3) is 0 Å². The topological polar surface area (TPSA) is 24.1 Å². The fraction of sp³-hybridized carbons (Fsp3) is 0.250. The van der Waals surface area contributed by atoms with E-state index in [1.807, 2.05) is 0 Å². The van der Waals surface area contributed by atoms with Gasteiger partial charge in [-0.15, -0.1) is 0 Å². The van der Waals surface area contributed by atoms with Crippen LogP contribution < -0.4 is 10.9 Å². The highest BCUT2D eigenvalue weighted by Gasteiger charge is 2.06. The van der Waals surface area contributed by atoms with E-state index in [0.717, 1.165) is 17.6 Å². The van der Waals surface area contributed by atoms with Gasteiger partial charge in [0.1, 0.15) is 0 Å². The Morgan fingerprint density at radius 2 is 1.82 bits per heavy atom. The Hall–Kier alpha value is -0.380. The monoisotopic (exact) mass is 212 g/mol. The number of hydrazine groups is 1. The molecule has 0 bridgehead atoms. The maximum Gasteiger partial charge on any atom is 0.0354 e. The maximum absolute atomic E-state index is 3.44. The summed E-state index contributed by atoms with van der Waals surface area (Å²) in [4.78, 5) is 0. The van der Waals surface area contributed by atoms with Crippen molar-refractivity contribution in [3.05, 3.63) is 33.8 Å². The lowest BCUT2D eigenvalue weighted by Crippen LogP contribution is -2.35. The van der Waals surface area contributed by atoms with E-state index in [1.165, 1.54) is 11.1 Å². The molecule has 0 aromatic heterocycles. The van der Waals surface area contributed by atoms with Crippen LogP contribution in [0.25, 0.3) is 0 Å². The highest BCUT2D eigenvalue weighted by atomic mass is 79.9. The Morgan fingerprint density at radius 3 is 2.64 bits per heavy atom. The Kier molecular flexibility index (Phi) is 1.94. The molecule has 1 aromatic carbocycles. The first kappa shape index (κ1) is 7.28. The van der Waals surface area contributed by atoms with Crippen molar-refractivity contribution in [1.82, 2.24) is 10.9 Å². The molecule has 3 heteroatoms. The van der Waals surface area contributed by atoms with E-state index in [4.69, 9.17) is 0 Å². The van der Waals surface area contributed by atoms with Crippen molar-refractivity contribution < 1.29 is 0 Å². The molecule has 1 aliphatic heterocycles. The van der Waals surface area contributed by atoms with E-state index in [1.54, 1.807) is 0 Å². The summed E-state index contributed by atoms with van der Waals surface area (Å²) in [5.41, 5.74) is 8.95. The molecule has 0 aliphatic carbocycles. The smallest absolute Gasteiger partial charge is 0.0354 e. The standard InChI is InChI=1S/C8H9BrN2/c9-8-2-1-6-4-10-11-5-7(6)3-8/h1-3,10-11H,4-5H2. The third-order valence-corrected chi connectivity index (χ3v) is 2.34. The van der Waals surface area contributed by atoms with E-state index < -0.39 is 0 Å². The fourth-order valence-electron chi connectivity index (χ4n) is 1.25. The average Bonchev–Trinajstić information content (AvgIpc) is 2.04. The second-order valence-corrected chi connectivity index (χ2v) is 3.54. The number of hydrogen-bond donors (Lipinski definition) is 2. The number of benzene rings is 1. The first-order valence-corrected chi connectivity index (χ1v) is 4.38. The van der Waals surface area contributed by atoms with Crippen LogP contribution in [0.15, 0.2) is 22.7 Å². The van der Waals surface area contributed by atoms with Crippen LogP contribution in [0.1, 0.15) is 11.1 Å². The van der Waals surface area contributed by atoms with Crippen LogP contribution >= 0.6 is 15.9 Å². The number of halogens is 1. The molecule has 0 saturated heterocycles. The minimum atomic E-state index is 0.911. The number of rotatable bonds is 0. The number of nitrogens with one attached hydrogen (secondary N) is 2. The molecule has 11 heavy (non-hydrogen) atoms. The molecular formula is C8H9BrN2. The van der Waals surface area contributed by atoms with Gasteiger partial charge in [-0.1, -0.05) is 22.0 Å². The van der Waals surface area contributed by atoms with Crippen LogP contribution in [0.3, 0.4) is 0 Å². The van der Waals surface area contributed by atoms with E-state index in [0.29, 0.717) is 0 Å². The van der Waals surface area contributed by atoms with Gasteiger partial charge < -0.3 is 0 Å². The van der Waals surface area contributed by atoms with Gasteiger partial charge in [-0.05, 0) is 23.3 Å². The SMILES string of the molecule is Brc1ccc2c(c1)CNNC2. The summed E-state index contributed by atoms with van der Waals surface area (Å²) in [6.45, 7) is 1.83. The lowest BCUT2D eigenvalue weighted by Gasteiger charge is -2.17. The van der Waals surface area contributed by atoms with Crippen LogP contribution in [0.2, 0.25) is 0 Å². The van der Waals surface area contributed by atoms with E-state index in [9.17, 15) is 0 Å². The van der Waals surface area contributed by atoms with Crippen molar-refractivity contribution >= 4 is 15.9 Å². The second-order valence-electron chi connectivity index (χ2n) is 2.62. The zero-order valence-electron chi connectivity index (χ0n) is 6.02. The van der Waals surface area contributed by atoms with Gasteiger partial charge in [0.15, 0.2) is 0 Å². The molecule has 2 rings (SSSR count). The first-order chi connectivity index (χ1) is 5.36. The molecule has 1 aromatic rings. The quantitative estimate of drug-likeness (QED) is 0.683. The lowest BCUT2D eigenvalue weighted by atomic mass is 10.1. The van der Waals surface area contributed by atoms with E-state index >= 15 is 0 Å². The predicted octanol–water partition coefficient (Wildman–Crippen LogP) is 1.56. The Bertz CT molecular complexity index is 273. The van der Waals surface area contributed by atoms with Crippen molar-refractivity contribution in [2.45, 2.75) is 13.1 Å². The normalized spacial score (nSPS) is 16.1. The summed E-state index contributed by atoms with van der Waals surface area (Å²) in [6.07, 6.45) is 0. The maximum atomic E-state index is 3.44. The molecule has 1 heterocycles. The van der Waals surface area contributed by atoms with Gasteiger partial charge in [-0.3, -0.25) is 10.9 Å². The van der Waals surface area contributed by atoms with Crippen molar-refractivity contribution in [3.8, 4) is 0 Å². The van der Waals surface area contributed by atoms with Gasteiger partial charge in [0.2, 0.25) is 0 Å². The minimum absolute atomic E-state index is 0.911. The zero-order valence-corrected chi connectivity index (χ0v) is 7.61. The Balaban J connectivity index is 2.43. The van der Waals surface area contributed by atoms with Crippen molar-refractivity contribution in [1.29, 1.82) is 0 Å². The highest BCUT2D eigenvalue weighted by molar-refractivity contribution is 9.10. The first-order valence-electron chi connectivity index (χ1n) is 3.59. The van der Waals surface area contributed by atoms with Gasteiger partial charge in [-0.25, -0.2) is 0 Å². The van der Waals surface area contributed by atoms with Crippen LogP contribution in [-0.2, 0) is 13.1 Å². The van der Waals surface area contributed by atoms with Crippen molar-refractivity contribution in [3.63, 3.8) is 0 Å². The van der Waals surface area contributed by atoms with Gasteiger partial charge in [0.05, 0.1) is 0 Å². The van der Waals surface area contributed by atoms with Crippen LogP contribution in [0.4, 0.5) is 0 Å². The van der Waals surface area contributed by atoms with Crippen LogP contribution in [0, 0.1) is 0 Å². The third kappa shape index (κ3) is 1.45. The highest BCUT2D eigenvalue weighted by Crippen LogP contribution is 2.17. The molecular weight excluding hydrogens is 204 g/mol. The molecule has 0 fully saturated rings. The summed E-state index contributed by atoms with van der Waals surface area (Å²) in [6, 6.07) is 6.38. The summed E-state index contributed by atoms with van der Waals surface area (Å²) in [5, 5.41) is 0. The molecule has 58 valence electrons. The average molecular weight is 213 g/mol. The fourth-order valence-corrected chi connectivity index (χ4v) is 1.66. The Morgan fingerprint density at radius 1 is 1.09 bits per heavy atom. The van der Waals surface area contributed by atoms with E-state index in [2.05, 4.69) is 45.0 Å². The summed E-state index contributed by atoms with van der Waals surface area (Å²) in [5.74, 6) is 0. The summed E-state index contributed by atoms with van der Waals surface area (Å²) >= 11 is 3.44. The number of hydrogen-bond acceptors (Lipinski definition) is 2. The van der Waals surface area contributed by atoms with Crippen LogP contribution in [-0.4, -0.2) is 0 Å². The number of fused-ring (bicyclic) bond motifs is 1. The minimum Gasteiger partial charge on any atom is -0.253 e. The van der Waals surface area contributed by atoms with E-state index in [-0.39, 0.29) is 0 Å². The summed E-state index contributed by atoms with van der Waals surface area (Å²) < 4.78 is 1.15. The summed E-state index contributed by atoms with van der Waals surface area (Å²) in [7, 11) is 0. The molecule has 2 N–H and O–H groups in total. The second kappa shape index (κ2) is 2.93. The van der Waals surface area contributed by atoms with Crippen molar-refractivity contribution in [2.24, 2.45) is 0 Å². The van der Waals surface area contributed by atoms with Gasteiger partial charge in [0, 0.05) is 17.6 Å². The van der Waals surface area contributed by atoms with Crippen molar-refractivity contribution in [2.75, 3.05) is 0 Å². The lowest BCUT2D eigenvalue weighted by molar-refractivity contribution is 0.496. The molecule has 2 nitrogen and oxygen atoms in total. The third-order valence-electron chi connectivity index (χ3n) is 1.85. The largest absolute Gasteiger partial charge is 0.253 e. The molecule has 1 aliphatic rings. The molecule has 0 amide bonds. The van der Waals surface area contributed by atoms with Crippen LogP contribution in [0.5, 0.6) is 0 Å². The van der Waals surface area contributed by atoms with Gasteiger partial charge >= 0.3 is 0 Å². The Labute approximate surface area is 74.1 Å². The molecule has 0 unspecified atom stereocenters. The predicted molar refractivity (Wildman–Crippen MR) is 47.8 cm³/mol. The molecule has 0 saturated carbocycles. The molecule has 0 spiro atoms.